The normalized spacial score (nSPS) is 21.3. The van der Waals surface area contributed by atoms with Gasteiger partial charge in [-0.15, -0.1) is 0 Å². The van der Waals surface area contributed by atoms with Gasteiger partial charge in [0.15, 0.2) is 11.5 Å². The van der Waals surface area contributed by atoms with Gasteiger partial charge >= 0.3 is 5.97 Å². The molecule has 0 saturated carbocycles. The highest BCUT2D eigenvalue weighted by Gasteiger charge is 2.21. The third-order valence-electron chi connectivity index (χ3n) is 2.58. The van der Waals surface area contributed by atoms with E-state index in [0.29, 0.717) is 0 Å². The number of nitrogens with one attached hydrogen (secondary N) is 1. The van der Waals surface area contributed by atoms with Crippen LogP contribution in [-0.2, 0) is 4.74 Å². The van der Waals surface area contributed by atoms with Gasteiger partial charge in [0.25, 0.3) is 0 Å². The van der Waals surface area contributed by atoms with Crippen molar-refractivity contribution in [3.63, 3.8) is 0 Å². The molecule has 1 aliphatic rings. The molecular weight excluding hydrogens is 196 g/mol. The number of nitrogens with zero attached hydrogens (tertiary/aromatic N) is 1. The summed E-state index contributed by atoms with van der Waals surface area (Å²) in [6, 6.07) is 1.83. The Balaban J connectivity index is 2.08. The molecule has 2 heterocycles. The summed E-state index contributed by atoms with van der Waals surface area (Å²) in [6.45, 7) is 0.985. The minimum absolute atomic E-state index is 0.185. The molecular formula is C10H14N2O3. The molecule has 1 aromatic heterocycles. The van der Waals surface area contributed by atoms with Crippen LogP contribution >= 0.6 is 0 Å². The topological polar surface area (TPSA) is 64.4 Å². The average Bonchev–Trinajstić information content (AvgIpc) is 2.78. The molecule has 0 aromatic carbocycles. The quantitative estimate of drug-likeness (QED) is 0.745. The SMILES string of the molecule is COC(=O)c1cc(C2CCCCN2)on1. The lowest BCUT2D eigenvalue weighted by Gasteiger charge is -2.20. The first-order chi connectivity index (χ1) is 7.31. The van der Waals surface area contributed by atoms with Gasteiger partial charge in [0.2, 0.25) is 0 Å². The monoisotopic (exact) mass is 210 g/mol. The summed E-state index contributed by atoms with van der Waals surface area (Å²) in [4.78, 5) is 11.1. The number of carbonyl (C=O) groups excluding carboxylic acids is 1. The highest BCUT2D eigenvalue weighted by molar-refractivity contribution is 5.86. The summed E-state index contributed by atoms with van der Waals surface area (Å²) < 4.78 is 9.67. The number of esters is 1. The van der Waals surface area contributed by atoms with Crippen LogP contribution in [0.4, 0.5) is 0 Å². The van der Waals surface area contributed by atoms with Crippen molar-refractivity contribution in [2.75, 3.05) is 13.7 Å². The summed E-state index contributed by atoms with van der Waals surface area (Å²) in [6.07, 6.45) is 3.39. The molecule has 0 radical (unpaired) electrons. The summed E-state index contributed by atoms with van der Waals surface area (Å²) in [7, 11) is 1.33. The Morgan fingerprint density at radius 1 is 1.67 bits per heavy atom. The molecule has 1 N–H and O–H groups in total. The van der Waals surface area contributed by atoms with E-state index in [1.165, 1.54) is 20.0 Å². The highest BCUT2D eigenvalue weighted by atomic mass is 16.5. The maximum atomic E-state index is 11.1. The Kier molecular flexibility index (Phi) is 3.01. The predicted molar refractivity (Wildman–Crippen MR) is 52.4 cm³/mol. The number of hydrogen-bond donors (Lipinski definition) is 1. The van der Waals surface area contributed by atoms with Gasteiger partial charge in [-0.2, -0.15) is 0 Å². The van der Waals surface area contributed by atoms with Crippen LogP contribution in [0, 0.1) is 0 Å². The minimum atomic E-state index is -0.458. The molecule has 1 atom stereocenters. The third kappa shape index (κ3) is 2.18. The van der Waals surface area contributed by atoms with Crippen LogP contribution in [0.15, 0.2) is 10.6 Å². The van der Waals surface area contributed by atoms with Gasteiger partial charge in [0.1, 0.15) is 0 Å². The number of ether oxygens (including phenoxy) is 1. The van der Waals surface area contributed by atoms with E-state index in [0.717, 1.165) is 18.7 Å². The van der Waals surface area contributed by atoms with Crippen LogP contribution in [0.25, 0.3) is 0 Å². The van der Waals surface area contributed by atoms with Crippen molar-refractivity contribution in [3.8, 4) is 0 Å². The molecule has 15 heavy (non-hydrogen) atoms. The molecule has 1 saturated heterocycles. The maximum Gasteiger partial charge on any atom is 0.360 e. The third-order valence-corrected chi connectivity index (χ3v) is 2.58. The maximum absolute atomic E-state index is 11.1. The van der Waals surface area contributed by atoms with Crippen LogP contribution in [0.3, 0.4) is 0 Å². The zero-order valence-electron chi connectivity index (χ0n) is 8.66. The van der Waals surface area contributed by atoms with Crippen LogP contribution < -0.4 is 5.32 Å². The molecule has 0 amide bonds. The van der Waals surface area contributed by atoms with Gasteiger partial charge in [-0.3, -0.25) is 0 Å². The molecule has 5 heteroatoms. The molecule has 82 valence electrons. The van der Waals surface area contributed by atoms with E-state index in [9.17, 15) is 4.79 Å². The van der Waals surface area contributed by atoms with Gasteiger partial charge in [0.05, 0.1) is 13.2 Å². The smallest absolute Gasteiger partial charge is 0.360 e. The standard InChI is InChI=1S/C10H14N2O3/c1-14-10(13)8-6-9(15-12-8)7-4-2-3-5-11-7/h6-7,11H,2-5H2,1H3. The molecule has 5 nitrogen and oxygen atoms in total. The molecule has 0 bridgehead atoms. The van der Waals surface area contributed by atoms with Crippen LogP contribution in [-0.4, -0.2) is 24.8 Å². The van der Waals surface area contributed by atoms with Crippen molar-refractivity contribution in [2.45, 2.75) is 25.3 Å². The Morgan fingerprint density at radius 2 is 2.53 bits per heavy atom. The first kappa shape index (κ1) is 10.2. The van der Waals surface area contributed by atoms with Crippen molar-refractivity contribution in [1.29, 1.82) is 0 Å². The molecule has 1 fully saturated rings. The van der Waals surface area contributed by atoms with Crippen molar-refractivity contribution < 1.29 is 14.1 Å². The predicted octanol–water partition coefficient (Wildman–Crippen LogP) is 1.28. The van der Waals surface area contributed by atoms with E-state index in [4.69, 9.17) is 4.52 Å². The second kappa shape index (κ2) is 4.44. The lowest BCUT2D eigenvalue weighted by atomic mass is 10.0. The van der Waals surface area contributed by atoms with Crippen LogP contribution in [0.2, 0.25) is 0 Å². The van der Waals surface area contributed by atoms with Crippen LogP contribution in [0.5, 0.6) is 0 Å². The van der Waals surface area contributed by atoms with Crippen molar-refractivity contribution in [1.82, 2.24) is 10.5 Å². The van der Waals surface area contributed by atoms with Crippen molar-refractivity contribution in [3.05, 3.63) is 17.5 Å². The largest absolute Gasteiger partial charge is 0.464 e. The van der Waals surface area contributed by atoms with Gasteiger partial charge in [-0.25, -0.2) is 4.79 Å². The fourth-order valence-corrected chi connectivity index (χ4v) is 1.75. The van der Waals surface area contributed by atoms with E-state index < -0.39 is 5.97 Å². The van der Waals surface area contributed by atoms with E-state index >= 15 is 0 Å². The minimum Gasteiger partial charge on any atom is -0.464 e. The van der Waals surface area contributed by atoms with E-state index in [-0.39, 0.29) is 11.7 Å². The van der Waals surface area contributed by atoms with E-state index in [2.05, 4.69) is 15.2 Å². The first-order valence-electron chi connectivity index (χ1n) is 5.09. The molecule has 0 aliphatic carbocycles. The first-order valence-corrected chi connectivity index (χ1v) is 5.09. The Bertz CT molecular complexity index is 342. The second-order valence-corrected chi connectivity index (χ2v) is 3.61. The molecule has 1 unspecified atom stereocenters. The van der Waals surface area contributed by atoms with Gasteiger partial charge in [0, 0.05) is 6.07 Å². The van der Waals surface area contributed by atoms with Gasteiger partial charge in [-0.1, -0.05) is 11.6 Å². The number of aromatic nitrogens is 1. The lowest BCUT2D eigenvalue weighted by Crippen LogP contribution is -2.26. The van der Waals surface area contributed by atoms with E-state index in [1.54, 1.807) is 6.07 Å². The Morgan fingerprint density at radius 3 is 3.20 bits per heavy atom. The number of hydrogen-bond acceptors (Lipinski definition) is 5. The molecule has 0 spiro atoms. The van der Waals surface area contributed by atoms with Crippen molar-refractivity contribution >= 4 is 5.97 Å². The fraction of sp³-hybridized carbons (Fsp3) is 0.600. The summed E-state index contributed by atoms with van der Waals surface area (Å²) >= 11 is 0. The zero-order chi connectivity index (χ0) is 10.7. The van der Waals surface area contributed by atoms with Gasteiger partial charge < -0.3 is 14.6 Å². The number of rotatable bonds is 2. The zero-order valence-corrected chi connectivity index (χ0v) is 8.66. The Labute approximate surface area is 87.8 Å². The summed E-state index contributed by atoms with van der Waals surface area (Å²) in [5.41, 5.74) is 0.236. The molecule has 2 rings (SSSR count). The highest BCUT2D eigenvalue weighted by Crippen LogP contribution is 2.23. The fourth-order valence-electron chi connectivity index (χ4n) is 1.75. The van der Waals surface area contributed by atoms with E-state index in [1.807, 2.05) is 0 Å². The summed E-state index contributed by atoms with van der Waals surface area (Å²) in [5, 5.41) is 6.99. The molecule has 1 aromatic rings. The lowest BCUT2D eigenvalue weighted by molar-refractivity contribution is 0.0589. The van der Waals surface area contributed by atoms with Crippen LogP contribution in [0.1, 0.15) is 41.6 Å². The second-order valence-electron chi connectivity index (χ2n) is 3.61. The van der Waals surface area contributed by atoms with Gasteiger partial charge in [-0.05, 0) is 19.4 Å². The number of methoxy groups -OCH3 is 1. The number of piperidine rings is 1. The average molecular weight is 210 g/mol. The number of carbonyl (C=O) groups is 1. The van der Waals surface area contributed by atoms with Crippen molar-refractivity contribution in [2.24, 2.45) is 0 Å². The Hall–Kier alpha value is -1.36. The summed E-state index contributed by atoms with van der Waals surface area (Å²) in [5.74, 6) is 0.260. The molecule has 1 aliphatic heterocycles.